The molecule has 6 nitrogen and oxygen atoms in total. The molecule has 0 aliphatic rings. The Morgan fingerprint density at radius 1 is 1.12 bits per heavy atom. The Balaban J connectivity index is 1.93. The number of carbonyl (C=O) groups is 1. The van der Waals surface area contributed by atoms with Crippen LogP contribution >= 0.6 is 11.3 Å². The maximum Gasteiger partial charge on any atom is 0.335 e. The monoisotopic (exact) mass is 374 g/mol. The molecule has 0 spiro atoms. The molecule has 2 aromatic carbocycles. The molecule has 0 saturated carbocycles. The van der Waals surface area contributed by atoms with Crippen molar-refractivity contribution in [3.63, 3.8) is 0 Å². The number of sulfonamides is 1. The summed E-state index contributed by atoms with van der Waals surface area (Å²) >= 11 is 1.23. The molecule has 0 bridgehead atoms. The lowest BCUT2D eigenvalue weighted by atomic mass is 10.2. The number of anilines is 1. The van der Waals surface area contributed by atoms with Crippen LogP contribution in [0.25, 0.3) is 10.6 Å². The zero-order valence-electron chi connectivity index (χ0n) is 13.1. The molecule has 1 heterocycles. The summed E-state index contributed by atoms with van der Waals surface area (Å²) in [6.07, 6.45) is 0. The number of aryl methyl sites for hydroxylation is 1. The first kappa shape index (κ1) is 17.1. The molecule has 0 aliphatic carbocycles. The highest BCUT2D eigenvalue weighted by Gasteiger charge is 2.19. The summed E-state index contributed by atoms with van der Waals surface area (Å²) < 4.78 is 27.6. The Kier molecular flexibility index (Phi) is 4.56. The molecule has 25 heavy (non-hydrogen) atoms. The lowest BCUT2D eigenvalue weighted by Crippen LogP contribution is -2.13. The van der Waals surface area contributed by atoms with E-state index in [0.717, 1.165) is 11.6 Å². The highest BCUT2D eigenvalue weighted by atomic mass is 32.2. The maximum absolute atomic E-state index is 12.5. The van der Waals surface area contributed by atoms with Crippen LogP contribution in [0.5, 0.6) is 0 Å². The van der Waals surface area contributed by atoms with E-state index in [-0.39, 0.29) is 10.5 Å². The largest absolute Gasteiger partial charge is 0.478 e. The van der Waals surface area contributed by atoms with Crippen LogP contribution in [0, 0.1) is 6.92 Å². The third-order valence-corrected chi connectivity index (χ3v) is 6.03. The second kappa shape index (κ2) is 6.66. The van der Waals surface area contributed by atoms with E-state index in [0.29, 0.717) is 15.7 Å². The van der Waals surface area contributed by atoms with Crippen molar-refractivity contribution in [1.82, 2.24) is 4.98 Å². The lowest BCUT2D eigenvalue weighted by Gasteiger charge is -2.07. The number of benzene rings is 2. The highest BCUT2D eigenvalue weighted by molar-refractivity contribution is 7.93. The number of carboxylic acid groups (broad SMARTS) is 1. The van der Waals surface area contributed by atoms with Crippen molar-refractivity contribution in [2.24, 2.45) is 0 Å². The van der Waals surface area contributed by atoms with Gasteiger partial charge in [-0.1, -0.05) is 47.7 Å². The number of thiazole rings is 1. The third-order valence-electron chi connectivity index (χ3n) is 3.44. The molecule has 0 unspecified atom stereocenters. The fraction of sp³-hybridized carbons (Fsp3) is 0.0588. The number of rotatable bonds is 5. The number of nitrogens with one attached hydrogen (secondary N) is 1. The summed E-state index contributed by atoms with van der Waals surface area (Å²) in [4.78, 5) is 15.3. The number of aromatic nitrogens is 1. The molecule has 0 fully saturated rings. The molecule has 0 atom stereocenters. The summed E-state index contributed by atoms with van der Waals surface area (Å²) in [5.41, 5.74) is 1.37. The minimum atomic E-state index is -3.90. The van der Waals surface area contributed by atoms with Crippen LogP contribution in [0.4, 0.5) is 5.00 Å². The van der Waals surface area contributed by atoms with Gasteiger partial charge in [-0.05, 0) is 25.1 Å². The molecule has 8 heteroatoms. The molecule has 0 aliphatic heterocycles. The first-order valence-corrected chi connectivity index (χ1v) is 9.56. The van der Waals surface area contributed by atoms with E-state index in [4.69, 9.17) is 5.11 Å². The van der Waals surface area contributed by atoms with E-state index < -0.39 is 16.0 Å². The van der Waals surface area contributed by atoms with Crippen molar-refractivity contribution in [1.29, 1.82) is 0 Å². The molecule has 0 saturated heterocycles. The van der Waals surface area contributed by atoms with E-state index in [2.05, 4.69) is 9.71 Å². The van der Waals surface area contributed by atoms with Crippen LogP contribution in [0.15, 0.2) is 59.5 Å². The van der Waals surface area contributed by atoms with Crippen molar-refractivity contribution < 1.29 is 18.3 Å². The number of aromatic carboxylic acids is 1. The average Bonchev–Trinajstić information content (AvgIpc) is 2.96. The number of hydrogen-bond acceptors (Lipinski definition) is 5. The predicted octanol–water partition coefficient (Wildman–Crippen LogP) is 3.62. The fourth-order valence-corrected chi connectivity index (χ4v) is 4.54. The number of hydrogen-bond donors (Lipinski definition) is 2. The summed E-state index contributed by atoms with van der Waals surface area (Å²) in [6.45, 7) is 1.72. The molecule has 3 aromatic rings. The lowest BCUT2D eigenvalue weighted by molar-refractivity contribution is 0.0696. The van der Waals surface area contributed by atoms with E-state index in [9.17, 15) is 13.2 Å². The second-order valence-electron chi connectivity index (χ2n) is 5.24. The molecule has 2 N–H and O–H groups in total. The Bertz CT molecular complexity index is 1030. The molecule has 3 rings (SSSR count). The summed E-state index contributed by atoms with van der Waals surface area (Å²) in [5.74, 6) is -1.18. The van der Waals surface area contributed by atoms with Crippen LogP contribution in [0.2, 0.25) is 0 Å². The van der Waals surface area contributed by atoms with Crippen LogP contribution in [0.3, 0.4) is 0 Å². The molecule has 0 radical (unpaired) electrons. The van der Waals surface area contributed by atoms with Gasteiger partial charge in [-0.3, -0.25) is 4.72 Å². The number of carboxylic acids is 1. The summed E-state index contributed by atoms with van der Waals surface area (Å²) in [6, 6.07) is 14.7. The summed E-state index contributed by atoms with van der Waals surface area (Å²) in [7, 11) is -3.90. The van der Waals surface area contributed by atoms with Gasteiger partial charge in [0.15, 0.2) is 0 Å². The quantitative estimate of drug-likeness (QED) is 0.711. The zero-order chi connectivity index (χ0) is 18.0. The van der Waals surface area contributed by atoms with Crippen LogP contribution < -0.4 is 4.72 Å². The van der Waals surface area contributed by atoms with Gasteiger partial charge in [-0.25, -0.2) is 18.2 Å². The molecular weight excluding hydrogens is 360 g/mol. The minimum Gasteiger partial charge on any atom is -0.478 e. The smallest absolute Gasteiger partial charge is 0.335 e. The summed E-state index contributed by atoms with van der Waals surface area (Å²) in [5, 5.41) is 10.1. The van der Waals surface area contributed by atoms with Gasteiger partial charge in [0.05, 0.1) is 16.2 Å². The standard InChI is InChI=1S/C17H14N2O4S2/c1-11-15(24-16(18-11)12-6-3-2-4-7-12)19-25(22,23)14-9-5-8-13(10-14)17(20)21/h2-10,19H,1H3,(H,20,21). The van der Waals surface area contributed by atoms with E-state index in [1.54, 1.807) is 6.92 Å². The normalized spacial score (nSPS) is 11.2. The first-order chi connectivity index (χ1) is 11.9. The first-order valence-electron chi connectivity index (χ1n) is 7.26. The van der Waals surface area contributed by atoms with Gasteiger partial charge in [-0.15, -0.1) is 0 Å². The van der Waals surface area contributed by atoms with Gasteiger partial charge in [0, 0.05) is 5.56 Å². The van der Waals surface area contributed by atoms with Crippen molar-refractivity contribution in [3.8, 4) is 10.6 Å². The Morgan fingerprint density at radius 2 is 1.84 bits per heavy atom. The Morgan fingerprint density at radius 3 is 2.52 bits per heavy atom. The van der Waals surface area contributed by atoms with Crippen LogP contribution in [-0.2, 0) is 10.0 Å². The van der Waals surface area contributed by atoms with Gasteiger partial charge in [-0.2, -0.15) is 0 Å². The molecule has 1 aromatic heterocycles. The Labute approximate surface area is 148 Å². The van der Waals surface area contributed by atoms with Gasteiger partial charge in [0.2, 0.25) is 0 Å². The van der Waals surface area contributed by atoms with Crippen LogP contribution in [0.1, 0.15) is 16.1 Å². The van der Waals surface area contributed by atoms with E-state index in [1.165, 1.54) is 29.5 Å². The molecule has 128 valence electrons. The second-order valence-corrected chi connectivity index (χ2v) is 7.92. The van der Waals surface area contributed by atoms with Crippen LogP contribution in [-0.4, -0.2) is 24.5 Å². The number of nitrogens with zero attached hydrogens (tertiary/aromatic N) is 1. The SMILES string of the molecule is Cc1nc(-c2ccccc2)sc1NS(=O)(=O)c1cccc(C(=O)O)c1. The highest BCUT2D eigenvalue weighted by Crippen LogP contribution is 2.33. The topological polar surface area (TPSA) is 96.4 Å². The van der Waals surface area contributed by atoms with Gasteiger partial charge in [0.1, 0.15) is 10.0 Å². The van der Waals surface area contributed by atoms with Crippen molar-refractivity contribution in [3.05, 3.63) is 65.9 Å². The van der Waals surface area contributed by atoms with Gasteiger partial charge < -0.3 is 5.11 Å². The molecule has 0 amide bonds. The molecular formula is C17H14N2O4S2. The van der Waals surface area contributed by atoms with E-state index >= 15 is 0 Å². The zero-order valence-corrected chi connectivity index (χ0v) is 14.8. The average molecular weight is 374 g/mol. The van der Waals surface area contributed by atoms with Crippen molar-refractivity contribution >= 4 is 32.3 Å². The van der Waals surface area contributed by atoms with Gasteiger partial charge >= 0.3 is 5.97 Å². The van der Waals surface area contributed by atoms with E-state index in [1.807, 2.05) is 30.3 Å². The third kappa shape index (κ3) is 3.70. The van der Waals surface area contributed by atoms with Crippen molar-refractivity contribution in [2.45, 2.75) is 11.8 Å². The van der Waals surface area contributed by atoms with Crippen molar-refractivity contribution in [2.75, 3.05) is 4.72 Å². The predicted molar refractivity (Wildman–Crippen MR) is 96.5 cm³/mol. The fourth-order valence-electron chi connectivity index (χ4n) is 2.17. The maximum atomic E-state index is 12.5. The minimum absolute atomic E-state index is 0.0890. The Hall–Kier alpha value is -2.71. The van der Waals surface area contributed by atoms with Gasteiger partial charge in [0.25, 0.3) is 10.0 Å².